The van der Waals surface area contributed by atoms with Crippen LogP contribution < -0.4 is 0 Å². The van der Waals surface area contributed by atoms with Gasteiger partial charge in [0.1, 0.15) is 6.07 Å². The zero-order chi connectivity index (χ0) is 13.1. The highest BCUT2D eigenvalue weighted by atomic mass is 79.9. The third kappa shape index (κ3) is 3.21. The van der Waals surface area contributed by atoms with Crippen molar-refractivity contribution in [3.8, 4) is 6.07 Å². The number of hydrogen-bond acceptors (Lipinski definition) is 2. The Labute approximate surface area is 128 Å². The van der Waals surface area contributed by atoms with Crippen LogP contribution in [-0.4, -0.2) is 0 Å². The number of benzene rings is 2. The van der Waals surface area contributed by atoms with Gasteiger partial charge in [-0.2, -0.15) is 5.26 Å². The van der Waals surface area contributed by atoms with E-state index in [1.165, 1.54) is 0 Å². The van der Waals surface area contributed by atoms with Crippen LogP contribution in [0.2, 0.25) is 10.0 Å². The summed E-state index contributed by atoms with van der Waals surface area (Å²) in [5.74, 6) is 0. The largest absolute Gasteiger partial charge is 0.192 e. The summed E-state index contributed by atoms with van der Waals surface area (Å²) >= 11 is 16.8. The molecule has 0 bridgehead atoms. The second kappa shape index (κ2) is 5.99. The quantitative estimate of drug-likeness (QED) is 0.679. The normalized spacial score (nSPS) is 10.1. The number of halogens is 3. The number of hydrogen-bond donors (Lipinski definition) is 0. The summed E-state index contributed by atoms with van der Waals surface area (Å²) in [5.41, 5.74) is 0.619. The van der Waals surface area contributed by atoms with Crippen molar-refractivity contribution in [2.75, 3.05) is 0 Å². The molecule has 0 aliphatic carbocycles. The zero-order valence-corrected chi connectivity index (χ0v) is 12.9. The van der Waals surface area contributed by atoms with Gasteiger partial charge in [0.25, 0.3) is 0 Å². The van der Waals surface area contributed by atoms with Crippen LogP contribution >= 0.6 is 50.9 Å². The van der Waals surface area contributed by atoms with E-state index in [0.717, 1.165) is 14.3 Å². The molecule has 0 amide bonds. The van der Waals surface area contributed by atoms with Crippen molar-refractivity contribution in [1.82, 2.24) is 0 Å². The highest BCUT2D eigenvalue weighted by molar-refractivity contribution is 9.10. The van der Waals surface area contributed by atoms with Crippen molar-refractivity contribution in [3.05, 3.63) is 56.5 Å². The molecule has 0 aliphatic heterocycles. The molecule has 0 heterocycles. The van der Waals surface area contributed by atoms with Crippen molar-refractivity contribution in [2.45, 2.75) is 9.79 Å². The van der Waals surface area contributed by atoms with Crippen LogP contribution in [0.1, 0.15) is 5.56 Å². The maximum atomic E-state index is 8.85. The Hall–Kier alpha value is -0.660. The highest BCUT2D eigenvalue weighted by Gasteiger charge is 2.04. The first-order valence-electron chi connectivity index (χ1n) is 4.92. The van der Waals surface area contributed by atoms with Gasteiger partial charge < -0.3 is 0 Å². The van der Waals surface area contributed by atoms with E-state index in [9.17, 15) is 0 Å². The van der Waals surface area contributed by atoms with E-state index in [0.29, 0.717) is 15.6 Å². The third-order valence-electron chi connectivity index (χ3n) is 2.19. The molecular formula is C13H6BrCl2NS. The van der Waals surface area contributed by atoms with E-state index in [1.807, 2.05) is 24.3 Å². The van der Waals surface area contributed by atoms with Gasteiger partial charge in [-0.3, -0.25) is 0 Å². The van der Waals surface area contributed by atoms with Gasteiger partial charge in [0.05, 0.1) is 15.6 Å². The predicted molar refractivity (Wildman–Crippen MR) is 79.4 cm³/mol. The van der Waals surface area contributed by atoms with E-state index < -0.39 is 0 Å². The monoisotopic (exact) mass is 357 g/mol. The first kappa shape index (κ1) is 13.8. The van der Waals surface area contributed by atoms with Crippen LogP contribution in [0.5, 0.6) is 0 Å². The van der Waals surface area contributed by atoms with E-state index in [2.05, 4.69) is 22.0 Å². The molecule has 2 aromatic carbocycles. The van der Waals surface area contributed by atoms with Gasteiger partial charge >= 0.3 is 0 Å². The van der Waals surface area contributed by atoms with E-state index in [-0.39, 0.29) is 0 Å². The smallest absolute Gasteiger partial charge is 0.100 e. The van der Waals surface area contributed by atoms with Gasteiger partial charge in [-0.15, -0.1) is 0 Å². The van der Waals surface area contributed by atoms with E-state index in [1.54, 1.807) is 23.9 Å². The van der Waals surface area contributed by atoms with Gasteiger partial charge in [-0.05, 0) is 52.3 Å². The van der Waals surface area contributed by atoms with Crippen molar-refractivity contribution >= 4 is 50.9 Å². The van der Waals surface area contributed by atoms with Gasteiger partial charge in [0.15, 0.2) is 0 Å². The summed E-state index contributed by atoms with van der Waals surface area (Å²) in [5, 5.41) is 9.93. The van der Waals surface area contributed by atoms with Crippen LogP contribution in [0.25, 0.3) is 0 Å². The minimum Gasteiger partial charge on any atom is -0.192 e. The summed E-state index contributed by atoms with van der Waals surface area (Å²) < 4.78 is 0.787. The molecule has 0 aromatic heterocycles. The maximum absolute atomic E-state index is 8.85. The second-order valence-electron chi connectivity index (χ2n) is 3.43. The van der Waals surface area contributed by atoms with E-state index in [4.69, 9.17) is 28.5 Å². The molecule has 0 saturated carbocycles. The molecule has 0 atom stereocenters. The predicted octanol–water partition coefficient (Wildman–Crippen LogP) is 5.78. The number of nitrogens with zero attached hydrogens (tertiary/aromatic N) is 1. The molecule has 2 rings (SSSR count). The molecule has 2 aromatic rings. The summed E-state index contributed by atoms with van der Waals surface area (Å²) in [4.78, 5) is 2.03. The Bertz CT molecular complexity index is 637. The molecule has 0 spiro atoms. The highest BCUT2D eigenvalue weighted by Crippen LogP contribution is 2.34. The fourth-order valence-electron chi connectivity index (χ4n) is 1.33. The van der Waals surface area contributed by atoms with Crippen LogP contribution in [0.3, 0.4) is 0 Å². The molecule has 0 N–H and O–H groups in total. The Balaban J connectivity index is 2.26. The molecular weight excluding hydrogens is 353 g/mol. The molecule has 0 radical (unpaired) electrons. The SMILES string of the molecule is N#Cc1ccc(Sc2ccc(Cl)c(Cl)c2)cc1Br. The molecule has 1 nitrogen and oxygen atoms in total. The second-order valence-corrected chi connectivity index (χ2v) is 6.25. The average Bonchev–Trinajstić information content (AvgIpc) is 2.34. The molecule has 0 aliphatic rings. The minimum absolute atomic E-state index is 0.536. The van der Waals surface area contributed by atoms with Crippen molar-refractivity contribution in [3.63, 3.8) is 0 Å². The lowest BCUT2D eigenvalue weighted by Gasteiger charge is -2.04. The summed E-state index contributed by atoms with van der Waals surface area (Å²) in [6.07, 6.45) is 0. The summed E-state index contributed by atoms with van der Waals surface area (Å²) in [6, 6.07) is 13.2. The molecule has 18 heavy (non-hydrogen) atoms. The Morgan fingerprint density at radius 1 is 1.00 bits per heavy atom. The number of nitriles is 1. The molecule has 5 heteroatoms. The Morgan fingerprint density at radius 3 is 2.28 bits per heavy atom. The fraction of sp³-hybridized carbons (Fsp3) is 0. The molecule has 0 unspecified atom stereocenters. The zero-order valence-electron chi connectivity index (χ0n) is 8.95. The van der Waals surface area contributed by atoms with Crippen molar-refractivity contribution in [2.24, 2.45) is 0 Å². The van der Waals surface area contributed by atoms with Crippen molar-refractivity contribution in [1.29, 1.82) is 5.26 Å². The minimum atomic E-state index is 0.536. The summed E-state index contributed by atoms with van der Waals surface area (Å²) in [7, 11) is 0. The van der Waals surface area contributed by atoms with Crippen LogP contribution in [-0.2, 0) is 0 Å². The Kier molecular flexibility index (Phi) is 4.58. The average molecular weight is 359 g/mol. The first-order valence-corrected chi connectivity index (χ1v) is 7.29. The van der Waals surface area contributed by atoms with Gasteiger partial charge in [0, 0.05) is 14.3 Å². The Morgan fingerprint density at radius 2 is 1.67 bits per heavy atom. The maximum Gasteiger partial charge on any atom is 0.100 e. The summed E-state index contributed by atoms with van der Waals surface area (Å²) in [6.45, 7) is 0. The fourth-order valence-corrected chi connectivity index (χ4v) is 3.21. The number of rotatable bonds is 2. The third-order valence-corrected chi connectivity index (χ3v) is 4.56. The van der Waals surface area contributed by atoms with Crippen molar-refractivity contribution < 1.29 is 0 Å². The molecule has 0 fully saturated rings. The van der Waals surface area contributed by atoms with Crippen LogP contribution in [0.4, 0.5) is 0 Å². The first-order chi connectivity index (χ1) is 8.60. The standard InChI is InChI=1S/C13H6BrCl2NS/c14-11-5-9(2-1-8(11)7-17)18-10-3-4-12(15)13(16)6-10/h1-6H. The van der Waals surface area contributed by atoms with Gasteiger partial charge in [0.2, 0.25) is 0 Å². The van der Waals surface area contributed by atoms with E-state index >= 15 is 0 Å². The lowest BCUT2D eigenvalue weighted by atomic mass is 10.2. The van der Waals surface area contributed by atoms with Crippen LogP contribution in [0.15, 0.2) is 50.7 Å². The van der Waals surface area contributed by atoms with Crippen LogP contribution in [0, 0.1) is 11.3 Å². The molecule has 0 saturated heterocycles. The topological polar surface area (TPSA) is 23.8 Å². The van der Waals surface area contributed by atoms with Gasteiger partial charge in [-0.1, -0.05) is 35.0 Å². The molecule has 90 valence electrons. The lowest BCUT2D eigenvalue weighted by Crippen LogP contribution is -1.79. The van der Waals surface area contributed by atoms with Gasteiger partial charge in [-0.25, -0.2) is 0 Å². The lowest BCUT2D eigenvalue weighted by molar-refractivity contribution is 1.37.